The lowest BCUT2D eigenvalue weighted by atomic mass is 9.97. The fourth-order valence-corrected chi connectivity index (χ4v) is 6.82. The van der Waals surface area contributed by atoms with Crippen LogP contribution in [0, 0.1) is 12.8 Å². The Bertz CT molecular complexity index is 1300. The van der Waals surface area contributed by atoms with E-state index in [-0.39, 0.29) is 18.0 Å². The Balaban J connectivity index is 1.32. The number of hydrogen-bond donors (Lipinski definition) is 2. The van der Waals surface area contributed by atoms with Crippen molar-refractivity contribution in [2.45, 2.75) is 76.9 Å². The molecule has 11 heteroatoms. The van der Waals surface area contributed by atoms with Crippen molar-refractivity contribution in [2.24, 2.45) is 5.92 Å². The number of halogens is 1. The molecular formula is C29H37ClN6O3S. The highest BCUT2D eigenvalue weighted by atomic mass is 35.5. The molecule has 2 amide bonds. The van der Waals surface area contributed by atoms with E-state index in [1.165, 1.54) is 24.2 Å². The smallest absolute Gasteiger partial charge is 0.247 e. The van der Waals surface area contributed by atoms with Crippen molar-refractivity contribution in [1.29, 1.82) is 0 Å². The topological polar surface area (TPSA) is 101 Å². The average molecular weight is 585 g/mol. The molecule has 0 radical (unpaired) electrons. The average Bonchev–Trinajstić information content (AvgIpc) is 3.74. The van der Waals surface area contributed by atoms with Gasteiger partial charge in [0.1, 0.15) is 6.04 Å². The molecule has 3 aromatic heterocycles. The number of aryl methyl sites for hydroxylation is 1. The Morgan fingerprint density at radius 2 is 2.02 bits per heavy atom. The van der Waals surface area contributed by atoms with Crippen LogP contribution >= 0.6 is 22.9 Å². The van der Waals surface area contributed by atoms with Crippen LogP contribution in [0.3, 0.4) is 0 Å². The second kappa shape index (κ2) is 13.1. The van der Waals surface area contributed by atoms with Gasteiger partial charge < -0.3 is 15.4 Å². The molecule has 0 spiro atoms. The number of aromatic nitrogens is 3. The molecule has 2 N–H and O–H groups in total. The molecule has 4 heterocycles. The first-order valence-corrected chi connectivity index (χ1v) is 15.3. The van der Waals surface area contributed by atoms with Gasteiger partial charge in [-0.05, 0) is 57.2 Å². The molecule has 2 aliphatic rings. The molecule has 0 aromatic carbocycles. The summed E-state index contributed by atoms with van der Waals surface area (Å²) in [6.07, 6.45) is 12.9. The third kappa shape index (κ3) is 6.85. The van der Waals surface area contributed by atoms with Crippen LogP contribution < -0.4 is 15.5 Å². The minimum absolute atomic E-state index is 0.0376. The third-order valence-electron chi connectivity index (χ3n) is 7.94. The van der Waals surface area contributed by atoms with Crippen LogP contribution in [-0.4, -0.2) is 46.3 Å². The zero-order chi connectivity index (χ0) is 28.1. The highest BCUT2D eigenvalue weighted by Gasteiger charge is 2.32. The van der Waals surface area contributed by atoms with Crippen molar-refractivity contribution in [2.75, 3.05) is 28.7 Å². The van der Waals surface area contributed by atoms with Crippen LogP contribution in [0.25, 0.3) is 0 Å². The van der Waals surface area contributed by atoms with Crippen molar-refractivity contribution < 1.29 is 14.3 Å². The van der Waals surface area contributed by atoms with E-state index >= 15 is 0 Å². The number of anilines is 3. The van der Waals surface area contributed by atoms with Crippen LogP contribution in [0.5, 0.6) is 0 Å². The van der Waals surface area contributed by atoms with Gasteiger partial charge >= 0.3 is 0 Å². The van der Waals surface area contributed by atoms with Gasteiger partial charge in [-0.25, -0.2) is 0 Å². The zero-order valence-electron chi connectivity index (χ0n) is 23.0. The second-order valence-electron chi connectivity index (χ2n) is 10.8. The molecule has 40 heavy (non-hydrogen) atoms. The van der Waals surface area contributed by atoms with Gasteiger partial charge in [0.2, 0.25) is 12.3 Å². The van der Waals surface area contributed by atoms with E-state index in [9.17, 15) is 9.59 Å². The fraction of sp³-hybridized carbons (Fsp3) is 0.517. The number of carbonyl (C=O) groups is 2. The number of amides is 2. The Morgan fingerprint density at radius 1 is 1.25 bits per heavy atom. The second-order valence-corrected chi connectivity index (χ2v) is 12.3. The molecule has 3 aromatic rings. The predicted octanol–water partition coefficient (Wildman–Crippen LogP) is 6.38. The quantitative estimate of drug-likeness (QED) is 0.254. The maximum atomic E-state index is 13.7. The molecule has 1 saturated carbocycles. The van der Waals surface area contributed by atoms with Crippen LogP contribution in [0.2, 0.25) is 5.02 Å². The van der Waals surface area contributed by atoms with Crippen LogP contribution in [0.1, 0.15) is 74.5 Å². The zero-order valence-corrected chi connectivity index (χ0v) is 24.6. The van der Waals surface area contributed by atoms with Gasteiger partial charge in [0.15, 0.2) is 0 Å². The highest BCUT2D eigenvalue weighted by Crippen LogP contribution is 2.36. The number of carbonyl (C=O) groups excluding carboxylic acids is 2. The molecule has 214 valence electrons. The van der Waals surface area contributed by atoms with E-state index in [2.05, 4.69) is 27.6 Å². The van der Waals surface area contributed by atoms with Gasteiger partial charge in [0.05, 0.1) is 45.4 Å². The fourth-order valence-electron chi connectivity index (χ4n) is 5.64. The first-order chi connectivity index (χ1) is 19.4. The Labute approximate surface area is 244 Å². The lowest BCUT2D eigenvalue weighted by molar-refractivity contribution is -0.119. The minimum atomic E-state index is -0.610. The molecule has 2 fully saturated rings. The normalized spacial score (nSPS) is 17.9. The van der Waals surface area contributed by atoms with E-state index < -0.39 is 6.04 Å². The number of hydrogen-bond acceptors (Lipinski definition) is 7. The molecule has 1 aliphatic carbocycles. The number of nitrogens with one attached hydrogen (secondary N) is 2. The Hall–Kier alpha value is -2.95. The van der Waals surface area contributed by atoms with Gasteiger partial charge in [-0.3, -0.25) is 24.2 Å². The lowest BCUT2D eigenvalue weighted by Gasteiger charge is -2.28. The third-order valence-corrected chi connectivity index (χ3v) is 9.42. The van der Waals surface area contributed by atoms with Crippen LogP contribution in [-0.2, 0) is 14.3 Å². The summed E-state index contributed by atoms with van der Waals surface area (Å²) in [6, 6.07) is 5.41. The van der Waals surface area contributed by atoms with E-state index in [4.69, 9.17) is 16.3 Å². The summed E-state index contributed by atoms with van der Waals surface area (Å²) < 4.78 is 7.38. The molecule has 1 aliphatic heterocycles. The summed E-state index contributed by atoms with van der Waals surface area (Å²) in [5.41, 5.74) is 2.37. The molecule has 1 saturated heterocycles. The standard InChI is InChI=1S/C29H37ClN6O3S/c1-19-25(14-22(30)15-31-19)33-20(2)27-7-8-28(40-27)35(18-37)26(13-21-5-3-4-6-21)29(38)34-23-16-32-36(17-23)24-9-11-39-12-10-24/h7-8,14-18,20-21,24,26,33H,3-6,9-13H2,1-2H3,(H,34,38)/t20-,26-/m0/s1. The number of ether oxygens (including phenoxy) is 1. The summed E-state index contributed by atoms with van der Waals surface area (Å²) in [7, 11) is 0. The SMILES string of the molecule is Cc1ncc(Cl)cc1N[C@@H](C)c1ccc(N(C=O)[C@@H](CC2CCCC2)C(=O)Nc2cnn(C3CCOCC3)c2)s1. The number of rotatable bonds is 11. The van der Waals surface area contributed by atoms with Gasteiger partial charge in [0, 0.05) is 30.5 Å². The van der Waals surface area contributed by atoms with E-state index in [0.29, 0.717) is 23.0 Å². The van der Waals surface area contributed by atoms with Gasteiger partial charge in [-0.1, -0.05) is 37.3 Å². The van der Waals surface area contributed by atoms with E-state index in [1.54, 1.807) is 17.3 Å². The van der Waals surface area contributed by atoms with Crippen molar-refractivity contribution in [1.82, 2.24) is 14.8 Å². The largest absolute Gasteiger partial charge is 0.381 e. The van der Waals surface area contributed by atoms with Crippen LogP contribution in [0.4, 0.5) is 16.4 Å². The minimum Gasteiger partial charge on any atom is -0.381 e. The lowest BCUT2D eigenvalue weighted by Crippen LogP contribution is -2.44. The van der Waals surface area contributed by atoms with Crippen molar-refractivity contribution in [3.05, 3.63) is 52.4 Å². The Kier molecular flexibility index (Phi) is 9.39. The van der Waals surface area contributed by atoms with Crippen molar-refractivity contribution in [3.63, 3.8) is 0 Å². The van der Waals surface area contributed by atoms with Crippen molar-refractivity contribution >= 4 is 51.6 Å². The molecular weight excluding hydrogens is 548 g/mol. The molecule has 5 rings (SSSR count). The monoisotopic (exact) mass is 584 g/mol. The Morgan fingerprint density at radius 3 is 2.77 bits per heavy atom. The summed E-state index contributed by atoms with van der Waals surface area (Å²) in [5.74, 6) is 0.230. The molecule has 0 unspecified atom stereocenters. The first-order valence-electron chi connectivity index (χ1n) is 14.1. The van der Waals surface area contributed by atoms with E-state index in [1.807, 2.05) is 36.0 Å². The van der Waals surface area contributed by atoms with Gasteiger partial charge in [0.25, 0.3) is 0 Å². The first kappa shape index (κ1) is 28.6. The maximum Gasteiger partial charge on any atom is 0.247 e. The highest BCUT2D eigenvalue weighted by molar-refractivity contribution is 7.16. The number of thiophene rings is 1. The maximum absolute atomic E-state index is 13.7. The number of nitrogens with zero attached hydrogens (tertiary/aromatic N) is 4. The summed E-state index contributed by atoms with van der Waals surface area (Å²) >= 11 is 7.66. The summed E-state index contributed by atoms with van der Waals surface area (Å²) in [5, 5.41) is 12.3. The van der Waals surface area contributed by atoms with E-state index in [0.717, 1.165) is 66.6 Å². The predicted molar refractivity (Wildman–Crippen MR) is 159 cm³/mol. The van der Waals surface area contributed by atoms with Crippen LogP contribution in [0.15, 0.2) is 36.8 Å². The summed E-state index contributed by atoms with van der Waals surface area (Å²) in [4.78, 5) is 33.2. The number of pyridine rings is 1. The summed E-state index contributed by atoms with van der Waals surface area (Å²) in [6.45, 7) is 5.42. The van der Waals surface area contributed by atoms with Gasteiger partial charge in [-0.15, -0.1) is 11.3 Å². The molecule has 2 atom stereocenters. The van der Waals surface area contributed by atoms with Gasteiger partial charge in [-0.2, -0.15) is 5.10 Å². The van der Waals surface area contributed by atoms with Crippen molar-refractivity contribution in [3.8, 4) is 0 Å². The molecule has 9 nitrogen and oxygen atoms in total. The molecule has 0 bridgehead atoms.